The van der Waals surface area contributed by atoms with Crippen LogP contribution in [0.3, 0.4) is 0 Å². The molecule has 4 rings (SSSR count). The van der Waals surface area contributed by atoms with Crippen molar-refractivity contribution in [2.24, 2.45) is 0 Å². The van der Waals surface area contributed by atoms with Crippen molar-refractivity contribution in [1.29, 1.82) is 0 Å². The van der Waals surface area contributed by atoms with Crippen LogP contribution in [0.5, 0.6) is 0 Å². The van der Waals surface area contributed by atoms with Crippen molar-refractivity contribution in [1.82, 2.24) is 19.9 Å². The van der Waals surface area contributed by atoms with Gasteiger partial charge in [-0.05, 0) is 29.8 Å². The molecular weight excluding hydrogens is 428 g/mol. The molecule has 4 aromatic rings. The van der Waals surface area contributed by atoms with Gasteiger partial charge in [-0.3, -0.25) is 9.78 Å². The highest BCUT2D eigenvalue weighted by Gasteiger charge is 2.20. The monoisotopic (exact) mass is 450 g/mol. The van der Waals surface area contributed by atoms with Crippen LogP contribution in [-0.4, -0.2) is 59.6 Å². The van der Waals surface area contributed by atoms with Gasteiger partial charge in [0.05, 0.1) is 4.90 Å². The summed E-state index contributed by atoms with van der Waals surface area (Å²) in [6, 6.07) is 10.4. The van der Waals surface area contributed by atoms with Gasteiger partial charge in [-0.2, -0.15) is 0 Å². The SMILES string of the molecule is CN(C)C(=O)C(O)c1cncc(-c2cnc3[nH]cc(-c4cccc(S(C)(=O)=O)c4)c3c2)c1. The maximum absolute atomic E-state index is 12.1. The Morgan fingerprint density at radius 1 is 1.06 bits per heavy atom. The number of aromatic nitrogens is 3. The van der Waals surface area contributed by atoms with Crippen molar-refractivity contribution in [3.8, 4) is 22.3 Å². The van der Waals surface area contributed by atoms with Crippen LogP contribution in [0.4, 0.5) is 0 Å². The Morgan fingerprint density at radius 3 is 2.53 bits per heavy atom. The van der Waals surface area contributed by atoms with E-state index in [1.165, 1.54) is 17.4 Å². The Balaban J connectivity index is 1.78. The lowest BCUT2D eigenvalue weighted by Crippen LogP contribution is -2.28. The summed E-state index contributed by atoms with van der Waals surface area (Å²) < 4.78 is 23.9. The smallest absolute Gasteiger partial charge is 0.255 e. The molecule has 3 heterocycles. The summed E-state index contributed by atoms with van der Waals surface area (Å²) in [6.07, 6.45) is 6.43. The lowest BCUT2D eigenvalue weighted by atomic mass is 10.0. The number of amides is 1. The zero-order valence-corrected chi connectivity index (χ0v) is 18.6. The van der Waals surface area contributed by atoms with Gasteiger partial charge in [0.2, 0.25) is 0 Å². The number of carbonyl (C=O) groups excluding carboxylic acids is 1. The van der Waals surface area contributed by atoms with Crippen molar-refractivity contribution in [2.45, 2.75) is 11.0 Å². The number of nitrogens with zero attached hydrogens (tertiary/aromatic N) is 3. The summed E-state index contributed by atoms with van der Waals surface area (Å²) in [6.45, 7) is 0. The minimum Gasteiger partial charge on any atom is -0.378 e. The molecule has 0 spiro atoms. The molecule has 0 aliphatic carbocycles. The van der Waals surface area contributed by atoms with Crippen LogP contribution >= 0.6 is 0 Å². The summed E-state index contributed by atoms with van der Waals surface area (Å²) in [4.78, 5) is 25.4. The molecule has 0 fully saturated rings. The van der Waals surface area contributed by atoms with Crippen LogP contribution in [0.15, 0.2) is 66.1 Å². The fourth-order valence-corrected chi connectivity index (χ4v) is 4.11. The Labute approximate surface area is 185 Å². The number of benzene rings is 1. The zero-order valence-electron chi connectivity index (χ0n) is 17.8. The second-order valence-electron chi connectivity index (χ2n) is 7.76. The molecular formula is C23H22N4O4S. The first kappa shape index (κ1) is 21.7. The van der Waals surface area contributed by atoms with Gasteiger partial charge in [0.1, 0.15) is 5.65 Å². The number of fused-ring (bicyclic) bond motifs is 1. The molecule has 0 aliphatic heterocycles. The maximum Gasteiger partial charge on any atom is 0.255 e. The minimum atomic E-state index is -3.34. The predicted octanol–water partition coefficient (Wildman–Crippen LogP) is 2.82. The van der Waals surface area contributed by atoms with Gasteiger partial charge in [-0.25, -0.2) is 13.4 Å². The van der Waals surface area contributed by atoms with Gasteiger partial charge in [0.15, 0.2) is 15.9 Å². The average molecular weight is 451 g/mol. The number of aliphatic hydroxyl groups excluding tert-OH is 1. The third-order valence-electron chi connectivity index (χ3n) is 5.19. The van der Waals surface area contributed by atoms with Crippen LogP contribution in [0.1, 0.15) is 11.7 Å². The highest BCUT2D eigenvalue weighted by molar-refractivity contribution is 7.90. The lowest BCUT2D eigenvalue weighted by molar-refractivity contribution is -0.137. The number of carbonyl (C=O) groups is 1. The molecule has 2 N–H and O–H groups in total. The second kappa shape index (κ2) is 8.18. The van der Waals surface area contributed by atoms with Gasteiger partial charge < -0.3 is 15.0 Å². The van der Waals surface area contributed by atoms with Gasteiger partial charge in [0, 0.05) is 72.8 Å². The lowest BCUT2D eigenvalue weighted by Gasteiger charge is -2.16. The Hall–Kier alpha value is -3.56. The Morgan fingerprint density at radius 2 is 1.81 bits per heavy atom. The van der Waals surface area contributed by atoms with E-state index < -0.39 is 21.8 Å². The molecule has 1 unspecified atom stereocenters. The maximum atomic E-state index is 12.1. The number of hydrogen-bond acceptors (Lipinski definition) is 6. The number of hydrogen-bond donors (Lipinski definition) is 2. The molecule has 1 atom stereocenters. The molecule has 0 bridgehead atoms. The molecule has 0 radical (unpaired) electrons. The normalized spacial score (nSPS) is 12.6. The number of sulfone groups is 1. The summed E-state index contributed by atoms with van der Waals surface area (Å²) in [5.74, 6) is -0.434. The molecule has 8 nitrogen and oxygen atoms in total. The van der Waals surface area contributed by atoms with E-state index in [9.17, 15) is 18.3 Å². The molecule has 9 heteroatoms. The largest absolute Gasteiger partial charge is 0.378 e. The van der Waals surface area contributed by atoms with Crippen molar-refractivity contribution in [3.63, 3.8) is 0 Å². The number of nitrogens with one attached hydrogen (secondary N) is 1. The molecule has 3 aromatic heterocycles. The number of H-pyrrole nitrogens is 1. The molecule has 0 saturated carbocycles. The van der Waals surface area contributed by atoms with E-state index in [-0.39, 0.29) is 4.90 Å². The zero-order chi connectivity index (χ0) is 23.0. The minimum absolute atomic E-state index is 0.241. The molecule has 0 aliphatic rings. The summed E-state index contributed by atoms with van der Waals surface area (Å²) >= 11 is 0. The Kier molecular flexibility index (Phi) is 5.53. The van der Waals surface area contributed by atoms with Gasteiger partial charge in [-0.1, -0.05) is 12.1 Å². The van der Waals surface area contributed by atoms with E-state index in [1.54, 1.807) is 57.0 Å². The predicted molar refractivity (Wildman–Crippen MR) is 122 cm³/mol. The Bertz CT molecular complexity index is 1430. The van der Waals surface area contributed by atoms with E-state index in [0.717, 1.165) is 22.1 Å². The molecule has 0 saturated heterocycles. The van der Waals surface area contributed by atoms with Gasteiger partial charge in [0.25, 0.3) is 5.91 Å². The third-order valence-corrected chi connectivity index (χ3v) is 6.30. The first-order valence-corrected chi connectivity index (χ1v) is 11.7. The third kappa shape index (κ3) is 4.12. The van der Waals surface area contributed by atoms with E-state index in [0.29, 0.717) is 16.8 Å². The fraction of sp³-hybridized carbons (Fsp3) is 0.174. The van der Waals surface area contributed by atoms with Crippen LogP contribution in [0.25, 0.3) is 33.3 Å². The standard InChI is InChI=1S/C23H22N4O4S/c1-27(2)23(29)21(28)17-7-15(10-24-11-17)16-9-19-20(13-26-22(19)25-12-16)14-5-4-6-18(8-14)32(3,30)31/h4-13,21,28H,1-3H3,(H,25,26). The van der Waals surface area contributed by atoms with Crippen molar-refractivity contribution < 1.29 is 18.3 Å². The van der Waals surface area contributed by atoms with Crippen LogP contribution < -0.4 is 0 Å². The van der Waals surface area contributed by atoms with Crippen molar-refractivity contribution >= 4 is 26.8 Å². The number of aromatic amines is 1. The van der Waals surface area contributed by atoms with Crippen molar-refractivity contribution in [2.75, 3.05) is 20.4 Å². The quantitative estimate of drug-likeness (QED) is 0.483. The topological polar surface area (TPSA) is 116 Å². The average Bonchev–Trinajstić information content (AvgIpc) is 3.21. The van der Waals surface area contributed by atoms with Crippen LogP contribution in [0, 0.1) is 0 Å². The number of aliphatic hydroxyl groups is 1. The molecule has 1 amide bonds. The van der Waals surface area contributed by atoms with E-state index in [1.807, 2.05) is 12.1 Å². The highest BCUT2D eigenvalue weighted by Crippen LogP contribution is 2.32. The van der Waals surface area contributed by atoms with Gasteiger partial charge in [-0.15, -0.1) is 0 Å². The van der Waals surface area contributed by atoms with E-state index in [4.69, 9.17) is 0 Å². The molecule has 32 heavy (non-hydrogen) atoms. The van der Waals surface area contributed by atoms with Crippen LogP contribution in [0.2, 0.25) is 0 Å². The van der Waals surface area contributed by atoms with Gasteiger partial charge >= 0.3 is 0 Å². The summed E-state index contributed by atoms with van der Waals surface area (Å²) in [5.41, 5.74) is 4.04. The number of pyridine rings is 2. The number of rotatable bonds is 5. The van der Waals surface area contributed by atoms with E-state index >= 15 is 0 Å². The fourth-order valence-electron chi connectivity index (χ4n) is 3.45. The summed E-state index contributed by atoms with van der Waals surface area (Å²) in [7, 11) is -0.183. The first-order valence-electron chi connectivity index (χ1n) is 9.77. The van der Waals surface area contributed by atoms with Crippen molar-refractivity contribution in [3.05, 3.63) is 66.7 Å². The molecule has 164 valence electrons. The molecule has 1 aromatic carbocycles. The first-order chi connectivity index (χ1) is 15.1. The van der Waals surface area contributed by atoms with Crippen LogP contribution in [-0.2, 0) is 14.6 Å². The summed E-state index contributed by atoms with van der Waals surface area (Å²) in [5, 5.41) is 11.2. The number of likely N-dealkylation sites (N-methyl/N-ethyl adjacent to an activating group) is 1. The van der Waals surface area contributed by atoms with E-state index in [2.05, 4.69) is 15.0 Å². The highest BCUT2D eigenvalue weighted by atomic mass is 32.2. The second-order valence-corrected chi connectivity index (χ2v) is 9.78.